The first-order valence-electron chi connectivity index (χ1n) is 11.9. The second-order valence-corrected chi connectivity index (χ2v) is 9.97. The summed E-state index contributed by atoms with van der Waals surface area (Å²) in [5.74, 6) is -0.132. The Balaban J connectivity index is 1.56. The van der Waals surface area contributed by atoms with Gasteiger partial charge in [0.05, 0.1) is 24.1 Å². The Hall–Kier alpha value is -2.80. The van der Waals surface area contributed by atoms with Gasteiger partial charge in [-0.15, -0.1) is 0 Å². The molecule has 3 aliphatic rings. The van der Waals surface area contributed by atoms with Crippen LogP contribution in [0.25, 0.3) is 11.3 Å². The van der Waals surface area contributed by atoms with E-state index in [-0.39, 0.29) is 23.1 Å². The van der Waals surface area contributed by atoms with Gasteiger partial charge in [0.15, 0.2) is 5.43 Å². The van der Waals surface area contributed by atoms with E-state index in [0.717, 1.165) is 74.5 Å². The Morgan fingerprint density at radius 2 is 1.97 bits per heavy atom. The number of piperidine rings is 1. The number of anilines is 1. The van der Waals surface area contributed by atoms with Crippen LogP contribution in [-0.4, -0.2) is 48.1 Å². The fraction of sp³-hybridized carbons (Fsp3) is 0.538. The summed E-state index contributed by atoms with van der Waals surface area (Å²) in [5, 5.41) is 9.48. The third-order valence-corrected chi connectivity index (χ3v) is 7.75. The second-order valence-electron chi connectivity index (χ2n) is 9.97. The zero-order valence-corrected chi connectivity index (χ0v) is 19.6. The molecule has 7 heteroatoms. The number of benzene rings is 1. The van der Waals surface area contributed by atoms with Crippen LogP contribution in [0.15, 0.2) is 29.2 Å². The SMILES string of the molecule is COc1cc2c(cc1N1CCC3(CCCO3)CC1)CC(C(C)C)n1cc(C(=O)O)c(=O)cc1-2. The zero-order valence-electron chi connectivity index (χ0n) is 19.6. The highest BCUT2D eigenvalue weighted by Gasteiger charge is 2.39. The van der Waals surface area contributed by atoms with Gasteiger partial charge < -0.3 is 24.0 Å². The maximum Gasteiger partial charge on any atom is 0.341 e. The fourth-order valence-corrected chi connectivity index (χ4v) is 5.82. The van der Waals surface area contributed by atoms with Gasteiger partial charge in [0.1, 0.15) is 11.3 Å². The third-order valence-electron chi connectivity index (χ3n) is 7.75. The van der Waals surface area contributed by atoms with E-state index in [1.807, 2.05) is 10.6 Å². The van der Waals surface area contributed by atoms with Gasteiger partial charge in [0, 0.05) is 43.6 Å². The number of methoxy groups -OCH3 is 1. The van der Waals surface area contributed by atoms with Crippen LogP contribution in [0.4, 0.5) is 5.69 Å². The lowest BCUT2D eigenvalue weighted by atomic mass is 9.85. The lowest BCUT2D eigenvalue weighted by molar-refractivity contribution is -0.0146. The molecule has 1 aromatic heterocycles. The molecular weight excluding hydrogens is 420 g/mol. The highest BCUT2D eigenvalue weighted by atomic mass is 16.5. The van der Waals surface area contributed by atoms with Crippen molar-refractivity contribution >= 4 is 11.7 Å². The van der Waals surface area contributed by atoms with Gasteiger partial charge in [0.2, 0.25) is 0 Å². The van der Waals surface area contributed by atoms with Crippen LogP contribution in [-0.2, 0) is 11.2 Å². The van der Waals surface area contributed by atoms with Crippen LogP contribution in [0.5, 0.6) is 5.75 Å². The molecule has 0 aliphatic carbocycles. The standard InChI is InChI=1S/C26H32N2O5/c1-16(2)20-11-17-12-22(27-8-6-26(7-9-27)5-4-10-33-26)24(32-3)13-18(17)21-14-23(29)19(25(30)31)15-28(20)21/h12-16,20H,4-11H2,1-3H3,(H,30,31). The third kappa shape index (κ3) is 3.72. The number of aromatic nitrogens is 1. The van der Waals surface area contributed by atoms with E-state index in [9.17, 15) is 14.7 Å². The molecule has 0 bridgehead atoms. The Labute approximate surface area is 193 Å². The summed E-state index contributed by atoms with van der Waals surface area (Å²) in [6.45, 7) is 7.00. The van der Waals surface area contributed by atoms with Crippen molar-refractivity contribution in [1.29, 1.82) is 0 Å². The molecule has 3 aliphatic heterocycles. The van der Waals surface area contributed by atoms with Crippen molar-refractivity contribution in [2.24, 2.45) is 5.92 Å². The molecule has 2 aromatic rings. The normalized spacial score (nSPS) is 21.2. The number of carboxylic acids is 1. The van der Waals surface area contributed by atoms with Crippen molar-refractivity contribution in [3.63, 3.8) is 0 Å². The van der Waals surface area contributed by atoms with Gasteiger partial charge in [-0.1, -0.05) is 13.8 Å². The molecule has 33 heavy (non-hydrogen) atoms. The molecule has 2 saturated heterocycles. The lowest BCUT2D eigenvalue weighted by Gasteiger charge is -2.41. The minimum Gasteiger partial charge on any atom is -0.495 e. The monoisotopic (exact) mass is 452 g/mol. The summed E-state index contributed by atoms with van der Waals surface area (Å²) in [6.07, 6.45) is 6.65. The first-order chi connectivity index (χ1) is 15.8. The van der Waals surface area contributed by atoms with Gasteiger partial charge in [-0.05, 0) is 55.7 Å². The largest absolute Gasteiger partial charge is 0.495 e. The summed E-state index contributed by atoms with van der Waals surface area (Å²) in [6, 6.07) is 5.78. The molecule has 1 unspecified atom stereocenters. The van der Waals surface area contributed by atoms with Crippen molar-refractivity contribution < 1.29 is 19.4 Å². The number of ether oxygens (including phenoxy) is 2. The van der Waals surface area contributed by atoms with Crippen molar-refractivity contribution in [2.75, 3.05) is 31.7 Å². The number of carboxylic acid groups (broad SMARTS) is 1. The minimum absolute atomic E-state index is 0.0582. The molecule has 2 fully saturated rings. The molecular formula is C26H32N2O5. The molecule has 7 nitrogen and oxygen atoms in total. The highest BCUT2D eigenvalue weighted by Crippen LogP contribution is 2.44. The molecule has 1 N–H and O–H groups in total. The maximum absolute atomic E-state index is 12.6. The molecule has 1 spiro atoms. The molecule has 1 aromatic carbocycles. The van der Waals surface area contributed by atoms with Crippen LogP contribution < -0.4 is 15.1 Å². The van der Waals surface area contributed by atoms with Crippen molar-refractivity contribution in [2.45, 2.75) is 57.6 Å². The molecule has 0 amide bonds. The predicted molar refractivity (Wildman–Crippen MR) is 127 cm³/mol. The van der Waals surface area contributed by atoms with Gasteiger partial charge in [-0.2, -0.15) is 0 Å². The summed E-state index contributed by atoms with van der Waals surface area (Å²) < 4.78 is 13.9. The van der Waals surface area contributed by atoms with Gasteiger partial charge in [0.25, 0.3) is 0 Å². The molecule has 0 saturated carbocycles. The fourth-order valence-electron chi connectivity index (χ4n) is 5.82. The average molecular weight is 453 g/mol. The molecule has 4 heterocycles. The van der Waals surface area contributed by atoms with Crippen LogP contribution >= 0.6 is 0 Å². The summed E-state index contributed by atoms with van der Waals surface area (Å²) in [4.78, 5) is 26.6. The number of carbonyl (C=O) groups is 1. The maximum atomic E-state index is 12.6. The molecule has 0 radical (unpaired) electrons. The Morgan fingerprint density at radius 3 is 2.58 bits per heavy atom. The Kier molecular flexibility index (Phi) is 5.47. The Morgan fingerprint density at radius 1 is 1.21 bits per heavy atom. The minimum atomic E-state index is -1.19. The van der Waals surface area contributed by atoms with Crippen LogP contribution in [0.3, 0.4) is 0 Å². The quantitative estimate of drug-likeness (QED) is 0.752. The van der Waals surface area contributed by atoms with Gasteiger partial charge >= 0.3 is 5.97 Å². The van der Waals surface area contributed by atoms with Crippen molar-refractivity contribution in [1.82, 2.24) is 4.57 Å². The number of hydrogen-bond donors (Lipinski definition) is 1. The van der Waals surface area contributed by atoms with E-state index in [2.05, 4.69) is 24.8 Å². The molecule has 1 atom stereocenters. The van der Waals surface area contributed by atoms with Crippen LogP contribution in [0, 0.1) is 5.92 Å². The second kappa shape index (κ2) is 8.20. The number of hydrogen-bond acceptors (Lipinski definition) is 5. The van der Waals surface area contributed by atoms with E-state index in [1.54, 1.807) is 7.11 Å². The summed E-state index contributed by atoms with van der Waals surface area (Å²) >= 11 is 0. The van der Waals surface area contributed by atoms with Gasteiger partial charge in [-0.25, -0.2) is 4.79 Å². The Bertz CT molecular complexity index is 1140. The number of pyridine rings is 1. The average Bonchev–Trinajstić information content (AvgIpc) is 3.25. The first-order valence-corrected chi connectivity index (χ1v) is 11.9. The van der Waals surface area contributed by atoms with Crippen molar-refractivity contribution in [3.05, 3.63) is 45.7 Å². The number of aromatic carboxylic acids is 1. The van der Waals surface area contributed by atoms with Crippen molar-refractivity contribution in [3.8, 4) is 17.0 Å². The smallest absolute Gasteiger partial charge is 0.341 e. The van der Waals surface area contributed by atoms with E-state index in [0.29, 0.717) is 0 Å². The number of rotatable bonds is 4. The van der Waals surface area contributed by atoms with E-state index in [1.165, 1.54) is 17.8 Å². The topological polar surface area (TPSA) is 81.0 Å². The van der Waals surface area contributed by atoms with E-state index < -0.39 is 11.4 Å². The summed E-state index contributed by atoms with van der Waals surface area (Å²) in [5.41, 5.74) is 3.36. The molecule has 5 rings (SSSR count). The molecule has 176 valence electrons. The van der Waals surface area contributed by atoms with E-state index >= 15 is 0 Å². The zero-order chi connectivity index (χ0) is 23.3. The number of nitrogens with zero attached hydrogens (tertiary/aromatic N) is 2. The van der Waals surface area contributed by atoms with Crippen LogP contribution in [0.1, 0.15) is 61.5 Å². The van der Waals surface area contributed by atoms with Crippen LogP contribution in [0.2, 0.25) is 0 Å². The predicted octanol–water partition coefficient (Wildman–Crippen LogP) is 4.12. The first kappa shape index (κ1) is 22.0. The highest BCUT2D eigenvalue weighted by molar-refractivity contribution is 5.88. The number of fused-ring (bicyclic) bond motifs is 3. The van der Waals surface area contributed by atoms with Gasteiger partial charge in [-0.3, -0.25) is 4.79 Å². The summed E-state index contributed by atoms with van der Waals surface area (Å²) in [7, 11) is 1.68. The van der Waals surface area contributed by atoms with E-state index in [4.69, 9.17) is 9.47 Å². The lowest BCUT2D eigenvalue weighted by Crippen LogP contribution is -2.44.